The van der Waals surface area contributed by atoms with E-state index in [4.69, 9.17) is 4.74 Å². The lowest BCUT2D eigenvalue weighted by Gasteiger charge is -2.20. The molecule has 2 nitrogen and oxygen atoms in total. The lowest BCUT2D eigenvalue weighted by Crippen LogP contribution is -2.36. The molecule has 0 radical (unpaired) electrons. The first-order chi connectivity index (χ1) is 5.95. The minimum absolute atomic E-state index is 0.233. The van der Waals surface area contributed by atoms with E-state index in [-0.39, 0.29) is 5.54 Å². The van der Waals surface area contributed by atoms with Crippen LogP contribution < -0.4 is 5.32 Å². The molecule has 0 saturated heterocycles. The van der Waals surface area contributed by atoms with E-state index in [1.165, 1.54) is 0 Å². The lowest BCUT2D eigenvalue weighted by atomic mass is 10.1. The molecule has 80 valence electrons. The van der Waals surface area contributed by atoms with Crippen LogP contribution in [0.2, 0.25) is 0 Å². The largest absolute Gasteiger partial charge is 0.378 e. The molecule has 13 heavy (non-hydrogen) atoms. The Morgan fingerprint density at radius 3 is 2.38 bits per heavy atom. The Labute approximate surface area is 83.1 Å². The predicted octanol–water partition coefficient (Wildman–Crippen LogP) is 2.58. The Balaban J connectivity index is 3.18. The zero-order chi connectivity index (χ0) is 10.3. The Morgan fingerprint density at radius 1 is 1.31 bits per heavy atom. The third-order valence-corrected chi connectivity index (χ3v) is 1.95. The van der Waals surface area contributed by atoms with Gasteiger partial charge in [0.05, 0.1) is 6.10 Å². The maximum absolute atomic E-state index is 5.57. The van der Waals surface area contributed by atoms with Crippen molar-refractivity contribution in [3.63, 3.8) is 0 Å². The van der Waals surface area contributed by atoms with Gasteiger partial charge in [-0.05, 0) is 47.1 Å². The van der Waals surface area contributed by atoms with Gasteiger partial charge in [-0.25, -0.2) is 0 Å². The molecule has 0 aromatic heterocycles. The van der Waals surface area contributed by atoms with Crippen LogP contribution in [0.25, 0.3) is 0 Å². The van der Waals surface area contributed by atoms with Crippen LogP contribution in [0, 0.1) is 0 Å². The summed E-state index contributed by atoms with van der Waals surface area (Å²) in [5.74, 6) is 0. The van der Waals surface area contributed by atoms with Crippen LogP contribution in [0.4, 0.5) is 0 Å². The zero-order valence-electron chi connectivity index (χ0n) is 9.81. The average Bonchev–Trinajstić information content (AvgIpc) is 2.01. The van der Waals surface area contributed by atoms with Crippen molar-refractivity contribution in [1.29, 1.82) is 0 Å². The Kier molecular flexibility index (Phi) is 6.35. The van der Waals surface area contributed by atoms with Gasteiger partial charge in [0.15, 0.2) is 0 Å². The molecule has 0 aliphatic rings. The van der Waals surface area contributed by atoms with Crippen molar-refractivity contribution in [3.05, 3.63) is 0 Å². The quantitative estimate of drug-likeness (QED) is 0.645. The molecule has 0 aromatic rings. The van der Waals surface area contributed by atoms with Crippen molar-refractivity contribution in [2.24, 2.45) is 0 Å². The molecule has 0 rings (SSSR count). The predicted molar refractivity (Wildman–Crippen MR) is 58.1 cm³/mol. The number of hydrogen-bond acceptors (Lipinski definition) is 2. The zero-order valence-corrected chi connectivity index (χ0v) is 9.81. The van der Waals surface area contributed by atoms with Crippen molar-refractivity contribution in [2.45, 2.75) is 59.1 Å². The number of hydrogen-bond donors (Lipinski definition) is 1. The van der Waals surface area contributed by atoms with Gasteiger partial charge in [-0.2, -0.15) is 0 Å². The number of nitrogens with one attached hydrogen (secondary N) is 1. The first kappa shape index (κ1) is 12.9. The second-order valence-electron chi connectivity index (χ2n) is 4.62. The summed E-state index contributed by atoms with van der Waals surface area (Å²) < 4.78 is 5.57. The second kappa shape index (κ2) is 6.39. The Bertz CT molecular complexity index is 118. The maximum Gasteiger partial charge on any atom is 0.0544 e. The molecule has 1 atom stereocenters. The molecule has 0 heterocycles. The van der Waals surface area contributed by atoms with Gasteiger partial charge in [0.1, 0.15) is 0 Å². The maximum atomic E-state index is 5.57. The summed E-state index contributed by atoms with van der Waals surface area (Å²) >= 11 is 0. The standard InChI is InChI=1S/C11H25NO/c1-6-10(2)13-9-7-8-12-11(3,4)5/h10,12H,6-9H2,1-5H3. The highest BCUT2D eigenvalue weighted by Crippen LogP contribution is 1.99. The smallest absolute Gasteiger partial charge is 0.0544 e. The van der Waals surface area contributed by atoms with Crippen LogP contribution in [0.3, 0.4) is 0 Å². The molecular weight excluding hydrogens is 162 g/mol. The number of rotatable bonds is 6. The fourth-order valence-corrected chi connectivity index (χ4v) is 0.938. The first-order valence-corrected chi connectivity index (χ1v) is 5.32. The lowest BCUT2D eigenvalue weighted by molar-refractivity contribution is 0.0613. The van der Waals surface area contributed by atoms with Crippen molar-refractivity contribution in [2.75, 3.05) is 13.2 Å². The van der Waals surface area contributed by atoms with Crippen LogP contribution in [-0.2, 0) is 4.74 Å². The van der Waals surface area contributed by atoms with Crippen LogP contribution in [0.15, 0.2) is 0 Å². The van der Waals surface area contributed by atoms with Gasteiger partial charge in [0, 0.05) is 12.1 Å². The van der Waals surface area contributed by atoms with Gasteiger partial charge in [0.25, 0.3) is 0 Å². The monoisotopic (exact) mass is 187 g/mol. The van der Waals surface area contributed by atoms with Gasteiger partial charge < -0.3 is 10.1 Å². The average molecular weight is 187 g/mol. The van der Waals surface area contributed by atoms with E-state index in [0.717, 1.165) is 26.0 Å². The highest BCUT2D eigenvalue weighted by Gasteiger charge is 2.07. The molecule has 0 spiro atoms. The fourth-order valence-electron chi connectivity index (χ4n) is 0.938. The summed E-state index contributed by atoms with van der Waals surface area (Å²) in [7, 11) is 0. The van der Waals surface area contributed by atoms with Gasteiger partial charge in [-0.15, -0.1) is 0 Å². The topological polar surface area (TPSA) is 21.3 Å². The molecule has 0 aromatic carbocycles. The summed E-state index contributed by atoms with van der Waals surface area (Å²) in [6.07, 6.45) is 2.61. The van der Waals surface area contributed by atoms with E-state index in [0.29, 0.717) is 6.10 Å². The summed E-state index contributed by atoms with van der Waals surface area (Å²) in [5.41, 5.74) is 0.233. The molecule has 0 saturated carbocycles. The van der Waals surface area contributed by atoms with Crippen LogP contribution in [0.1, 0.15) is 47.5 Å². The second-order valence-corrected chi connectivity index (χ2v) is 4.62. The summed E-state index contributed by atoms with van der Waals surface area (Å²) in [4.78, 5) is 0. The summed E-state index contributed by atoms with van der Waals surface area (Å²) in [6, 6.07) is 0. The van der Waals surface area contributed by atoms with Gasteiger partial charge in [-0.1, -0.05) is 6.92 Å². The molecular formula is C11H25NO. The third kappa shape index (κ3) is 9.84. The molecule has 0 amide bonds. The van der Waals surface area contributed by atoms with Gasteiger partial charge >= 0.3 is 0 Å². The number of ether oxygens (including phenoxy) is 1. The highest BCUT2D eigenvalue weighted by molar-refractivity contribution is 4.69. The fraction of sp³-hybridized carbons (Fsp3) is 1.00. The van der Waals surface area contributed by atoms with Gasteiger partial charge in [-0.3, -0.25) is 0 Å². The van der Waals surface area contributed by atoms with E-state index >= 15 is 0 Å². The minimum Gasteiger partial charge on any atom is -0.378 e. The normalized spacial score (nSPS) is 14.5. The molecule has 0 bridgehead atoms. The molecule has 2 heteroatoms. The van der Waals surface area contributed by atoms with Crippen molar-refractivity contribution in [1.82, 2.24) is 5.32 Å². The van der Waals surface area contributed by atoms with Crippen molar-refractivity contribution in [3.8, 4) is 0 Å². The molecule has 1 N–H and O–H groups in total. The van der Waals surface area contributed by atoms with E-state index in [9.17, 15) is 0 Å². The summed E-state index contributed by atoms with van der Waals surface area (Å²) in [5, 5.41) is 3.43. The van der Waals surface area contributed by atoms with E-state index in [2.05, 4.69) is 39.9 Å². The summed E-state index contributed by atoms with van der Waals surface area (Å²) in [6.45, 7) is 12.7. The molecule has 0 fully saturated rings. The molecule has 0 aliphatic heterocycles. The van der Waals surface area contributed by atoms with Gasteiger partial charge in [0.2, 0.25) is 0 Å². The molecule has 1 unspecified atom stereocenters. The minimum atomic E-state index is 0.233. The van der Waals surface area contributed by atoms with Crippen LogP contribution in [0.5, 0.6) is 0 Å². The van der Waals surface area contributed by atoms with Crippen LogP contribution in [-0.4, -0.2) is 24.8 Å². The Morgan fingerprint density at radius 2 is 1.92 bits per heavy atom. The van der Waals surface area contributed by atoms with E-state index < -0.39 is 0 Å². The SMILES string of the molecule is CCC(C)OCCCNC(C)(C)C. The highest BCUT2D eigenvalue weighted by atomic mass is 16.5. The van der Waals surface area contributed by atoms with E-state index in [1.54, 1.807) is 0 Å². The molecule has 0 aliphatic carbocycles. The third-order valence-electron chi connectivity index (χ3n) is 1.95. The van der Waals surface area contributed by atoms with E-state index in [1.807, 2.05) is 0 Å². The first-order valence-electron chi connectivity index (χ1n) is 5.32. The van der Waals surface area contributed by atoms with Crippen LogP contribution >= 0.6 is 0 Å². The Hall–Kier alpha value is -0.0800. The van der Waals surface area contributed by atoms with Crippen molar-refractivity contribution >= 4 is 0 Å². The van der Waals surface area contributed by atoms with Crippen molar-refractivity contribution < 1.29 is 4.74 Å².